The number of ether oxygens (including phenoxy) is 3. The molecule has 25 heavy (non-hydrogen) atoms. The summed E-state index contributed by atoms with van der Waals surface area (Å²) in [6, 6.07) is 6.11. The van der Waals surface area contributed by atoms with E-state index in [9.17, 15) is 4.79 Å². The Kier molecular flexibility index (Phi) is 6.93. The van der Waals surface area contributed by atoms with Crippen LogP contribution in [-0.4, -0.2) is 44.1 Å². The van der Waals surface area contributed by atoms with Crippen LogP contribution in [0.3, 0.4) is 0 Å². The molecular weight excluding hydrogens is 320 g/mol. The summed E-state index contributed by atoms with van der Waals surface area (Å²) < 4.78 is 16.5. The Balaban J connectivity index is 1.75. The van der Waals surface area contributed by atoms with Gasteiger partial charge in [-0.2, -0.15) is 0 Å². The van der Waals surface area contributed by atoms with Crippen LogP contribution in [0.2, 0.25) is 0 Å². The minimum absolute atomic E-state index is 0.0595. The molecule has 6 heteroatoms. The Hall–Kier alpha value is -1.95. The van der Waals surface area contributed by atoms with Crippen LogP contribution in [0.5, 0.6) is 5.75 Å². The van der Waals surface area contributed by atoms with E-state index in [0.29, 0.717) is 6.54 Å². The van der Waals surface area contributed by atoms with Crippen LogP contribution < -0.4 is 15.4 Å². The van der Waals surface area contributed by atoms with Crippen molar-refractivity contribution < 1.29 is 19.0 Å². The van der Waals surface area contributed by atoms with E-state index in [1.165, 1.54) is 0 Å². The summed E-state index contributed by atoms with van der Waals surface area (Å²) >= 11 is 0. The summed E-state index contributed by atoms with van der Waals surface area (Å²) in [4.78, 5) is 11.7. The van der Waals surface area contributed by atoms with E-state index in [2.05, 4.69) is 16.7 Å². The van der Waals surface area contributed by atoms with Gasteiger partial charge in [-0.05, 0) is 57.9 Å². The Morgan fingerprint density at radius 1 is 1.36 bits per heavy atom. The molecule has 0 aliphatic carbocycles. The van der Waals surface area contributed by atoms with Gasteiger partial charge in [0, 0.05) is 31.9 Å². The van der Waals surface area contributed by atoms with Crippen molar-refractivity contribution in [2.24, 2.45) is 0 Å². The number of amides is 1. The third kappa shape index (κ3) is 6.82. The molecule has 1 amide bonds. The van der Waals surface area contributed by atoms with Crippen LogP contribution in [0.1, 0.15) is 39.7 Å². The lowest BCUT2D eigenvalue weighted by Gasteiger charge is -2.20. The first-order valence-corrected chi connectivity index (χ1v) is 8.95. The largest absolute Gasteiger partial charge is 0.488 e. The van der Waals surface area contributed by atoms with Crippen molar-refractivity contribution >= 4 is 11.8 Å². The Morgan fingerprint density at radius 3 is 2.88 bits per heavy atom. The molecule has 0 aromatic heterocycles. The molecule has 2 N–H and O–H groups in total. The molecule has 140 valence electrons. The smallest absolute Gasteiger partial charge is 0.407 e. The molecule has 1 aliphatic heterocycles. The zero-order valence-electron chi connectivity index (χ0n) is 15.7. The van der Waals surface area contributed by atoms with Crippen molar-refractivity contribution in [2.45, 2.75) is 52.2 Å². The van der Waals surface area contributed by atoms with Crippen LogP contribution in [0.15, 0.2) is 18.2 Å². The van der Waals surface area contributed by atoms with Gasteiger partial charge in [0.1, 0.15) is 17.5 Å². The monoisotopic (exact) mass is 350 g/mol. The fourth-order valence-electron chi connectivity index (χ4n) is 2.61. The maximum Gasteiger partial charge on any atom is 0.407 e. The molecule has 1 aromatic rings. The molecule has 1 unspecified atom stereocenters. The molecule has 1 aliphatic rings. The highest BCUT2D eigenvalue weighted by Crippen LogP contribution is 2.31. The highest BCUT2D eigenvalue weighted by Gasteiger charge is 2.24. The number of fused-ring (bicyclic) bond motifs is 1. The van der Waals surface area contributed by atoms with E-state index in [-0.39, 0.29) is 6.10 Å². The fraction of sp³-hybridized carbons (Fsp3) is 0.632. The predicted octanol–water partition coefficient (Wildman–Crippen LogP) is 3.35. The molecule has 1 aromatic carbocycles. The first-order valence-electron chi connectivity index (χ1n) is 8.95. The van der Waals surface area contributed by atoms with Crippen molar-refractivity contribution in [1.29, 1.82) is 0 Å². The van der Waals surface area contributed by atoms with E-state index in [1.54, 1.807) is 0 Å². The number of benzene rings is 1. The number of carbonyl (C=O) groups is 1. The lowest BCUT2D eigenvalue weighted by atomic mass is 10.1. The SMILES string of the molecule is CCOCCCNc1ccc2c(c1)CC(CNC(=O)OC(C)(C)C)O2. The number of hydrogen-bond donors (Lipinski definition) is 2. The number of alkyl carbamates (subject to hydrolysis) is 1. The van der Waals surface area contributed by atoms with E-state index < -0.39 is 11.7 Å². The van der Waals surface area contributed by atoms with Gasteiger partial charge in [0.2, 0.25) is 0 Å². The summed E-state index contributed by atoms with van der Waals surface area (Å²) in [5, 5.41) is 6.17. The predicted molar refractivity (Wildman–Crippen MR) is 98.4 cm³/mol. The third-order valence-electron chi connectivity index (χ3n) is 3.67. The zero-order valence-corrected chi connectivity index (χ0v) is 15.7. The van der Waals surface area contributed by atoms with Crippen molar-refractivity contribution in [2.75, 3.05) is 31.6 Å². The molecule has 0 radical (unpaired) electrons. The molecule has 0 saturated heterocycles. The maximum atomic E-state index is 11.7. The third-order valence-corrected chi connectivity index (χ3v) is 3.67. The van der Waals surface area contributed by atoms with Crippen LogP contribution >= 0.6 is 0 Å². The minimum atomic E-state index is -0.494. The minimum Gasteiger partial charge on any atom is -0.488 e. The summed E-state index contributed by atoms with van der Waals surface area (Å²) in [7, 11) is 0. The second kappa shape index (κ2) is 8.94. The molecular formula is C19H30N2O4. The zero-order chi connectivity index (χ0) is 18.3. The number of hydrogen-bond acceptors (Lipinski definition) is 5. The van der Waals surface area contributed by atoms with Crippen LogP contribution in [0.25, 0.3) is 0 Å². The van der Waals surface area contributed by atoms with Crippen LogP contribution in [-0.2, 0) is 15.9 Å². The Morgan fingerprint density at radius 2 is 2.16 bits per heavy atom. The van der Waals surface area contributed by atoms with E-state index >= 15 is 0 Å². The van der Waals surface area contributed by atoms with Gasteiger partial charge in [0.05, 0.1) is 6.54 Å². The van der Waals surface area contributed by atoms with Gasteiger partial charge in [-0.15, -0.1) is 0 Å². The van der Waals surface area contributed by atoms with Gasteiger partial charge in [0.25, 0.3) is 0 Å². The summed E-state index contributed by atoms with van der Waals surface area (Å²) in [5.74, 6) is 0.885. The van der Waals surface area contributed by atoms with Gasteiger partial charge in [-0.1, -0.05) is 0 Å². The summed E-state index contributed by atoms with van der Waals surface area (Å²) in [6.07, 6.45) is 1.28. The normalized spacial score (nSPS) is 16.1. The quantitative estimate of drug-likeness (QED) is 0.704. The van der Waals surface area contributed by atoms with Gasteiger partial charge < -0.3 is 24.8 Å². The van der Waals surface area contributed by atoms with E-state index in [0.717, 1.165) is 49.6 Å². The molecule has 0 bridgehead atoms. The van der Waals surface area contributed by atoms with Gasteiger partial charge >= 0.3 is 6.09 Å². The lowest BCUT2D eigenvalue weighted by molar-refractivity contribution is 0.0506. The van der Waals surface area contributed by atoms with Gasteiger partial charge in [-0.25, -0.2) is 4.79 Å². The van der Waals surface area contributed by atoms with Crippen LogP contribution in [0.4, 0.5) is 10.5 Å². The first kappa shape index (κ1) is 19.4. The first-order chi connectivity index (χ1) is 11.9. The van der Waals surface area contributed by atoms with Crippen molar-refractivity contribution in [3.63, 3.8) is 0 Å². The van der Waals surface area contributed by atoms with Crippen molar-refractivity contribution in [3.8, 4) is 5.75 Å². The molecule has 6 nitrogen and oxygen atoms in total. The van der Waals surface area contributed by atoms with Crippen molar-refractivity contribution in [3.05, 3.63) is 23.8 Å². The maximum absolute atomic E-state index is 11.7. The number of rotatable bonds is 8. The standard InChI is InChI=1S/C19H30N2O4/c1-5-23-10-6-9-20-15-7-8-17-14(11-15)12-16(24-17)13-21-18(22)25-19(2,3)4/h7-8,11,16,20H,5-6,9-10,12-13H2,1-4H3,(H,21,22). The number of nitrogens with one attached hydrogen (secondary N) is 2. The molecule has 1 heterocycles. The molecule has 0 fully saturated rings. The van der Waals surface area contributed by atoms with E-state index in [4.69, 9.17) is 14.2 Å². The molecule has 0 spiro atoms. The topological polar surface area (TPSA) is 68.8 Å². The number of anilines is 1. The summed E-state index contributed by atoms with van der Waals surface area (Å²) in [6.45, 7) is 10.4. The fourth-order valence-corrected chi connectivity index (χ4v) is 2.61. The average molecular weight is 350 g/mol. The second-order valence-corrected chi connectivity index (χ2v) is 7.13. The van der Waals surface area contributed by atoms with Crippen LogP contribution in [0, 0.1) is 0 Å². The van der Waals surface area contributed by atoms with E-state index in [1.807, 2.05) is 39.8 Å². The molecule has 2 rings (SSSR count). The van der Waals surface area contributed by atoms with Gasteiger partial charge in [0.15, 0.2) is 0 Å². The average Bonchev–Trinajstić information content (AvgIpc) is 2.93. The summed E-state index contributed by atoms with van der Waals surface area (Å²) in [5.41, 5.74) is 1.75. The highest BCUT2D eigenvalue weighted by atomic mass is 16.6. The Bertz CT molecular complexity index is 569. The number of carbonyl (C=O) groups excluding carboxylic acids is 1. The highest BCUT2D eigenvalue weighted by molar-refractivity contribution is 5.67. The Labute approximate surface area is 150 Å². The second-order valence-electron chi connectivity index (χ2n) is 7.13. The lowest BCUT2D eigenvalue weighted by Crippen LogP contribution is -2.38. The van der Waals surface area contributed by atoms with Crippen molar-refractivity contribution in [1.82, 2.24) is 5.32 Å². The molecule has 0 saturated carbocycles. The molecule has 1 atom stereocenters. The van der Waals surface area contributed by atoms with Gasteiger partial charge in [-0.3, -0.25) is 0 Å².